The second-order valence-electron chi connectivity index (χ2n) is 11.6. The van der Waals surface area contributed by atoms with Crippen LogP contribution < -0.4 is 11.1 Å². The maximum Gasteiger partial charge on any atom is 0.327 e. The number of hydrogen-bond acceptors (Lipinski definition) is 4. The maximum atomic E-state index is 13.7. The van der Waals surface area contributed by atoms with Gasteiger partial charge in [-0.2, -0.15) is 0 Å². The van der Waals surface area contributed by atoms with Crippen LogP contribution in [0.5, 0.6) is 0 Å². The van der Waals surface area contributed by atoms with Crippen molar-refractivity contribution in [3.63, 3.8) is 0 Å². The molecule has 1 saturated heterocycles. The van der Waals surface area contributed by atoms with Crippen molar-refractivity contribution in [3.8, 4) is 0 Å². The lowest BCUT2D eigenvalue weighted by Crippen LogP contribution is -2.53. The van der Waals surface area contributed by atoms with E-state index in [0.717, 1.165) is 17.5 Å². The number of nitrogens with one attached hydrogen (secondary N) is 1. The van der Waals surface area contributed by atoms with Crippen molar-refractivity contribution in [1.29, 1.82) is 0 Å². The zero-order valence-corrected chi connectivity index (χ0v) is 22.1. The van der Waals surface area contributed by atoms with E-state index >= 15 is 0 Å². The van der Waals surface area contributed by atoms with Crippen LogP contribution in [0.2, 0.25) is 10.0 Å². The highest BCUT2D eigenvalue weighted by molar-refractivity contribution is 6.30. The molecule has 6 heteroatoms. The van der Waals surface area contributed by atoms with Crippen LogP contribution in [0.25, 0.3) is 0 Å². The first-order valence-electron chi connectivity index (χ1n) is 11.4. The number of carbonyl (C=O) groups excluding carboxylic acids is 1. The second kappa shape index (κ2) is 8.88. The highest BCUT2D eigenvalue weighted by Gasteiger charge is 2.64. The van der Waals surface area contributed by atoms with E-state index in [0.29, 0.717) is 10.0 Å². The number of esters is 1. The van der Waals surface area contributed by atoms with Gasteiger partial charge in [-0.15, -0.1) is 0 Å². The second-order valence-corrected chi connectivity index (χ2v) is 12.5. The summed E-state index contributed by atoms with van der Waals surface area (Å²) in [6, 6.07) is 15.0. The molecule has 1 aliphatic rings. The fourth-order valence-corrected chi connectivity index (χ4v) is 5.36. The standard InChI is InChI=1S/C27H36Cl2N2O2/c1-24(2,3)16-21-27(30,18-11-13-19(28)14-12-18)22(17-9-8-10-20(29)15-17)26(7,31-21)23(32)33-25(4,5)6/h8-15,21-22,31H,16,30H2,1-7H3/t21-,22-,26+,27+/m0/s1. The minimum Gasteiger partial charge on any atom is -0.459 e. The van der Waals surface area contributed by atoms with Gasteiger partial charge in [0.15, 0.2) is 0 Å². The third-order valence-corrected chi connectivity index (χ3v) is 6.76. The molecule has 0 aliphatic carbocycles. The van der Waals surface area contributed by atoms with Crippen LogP contribution in [0.1, 0.15) is 71.9 Å². The van der Waals surface area contributed by atoms with Gasteiger partial charge in [-0.25, -0.2) is 0 Å². The highest BCUT2D eigenvalue weighted by Crippen LogP contribution is 2.53. The van der Waals surface area contributed by atoms with Gasteiger partial charge >= 0.3 is 5.97 Å². The molecule has 0 bridgehead atoms. The topological polar surface area (TPSA) is 64.3 Å². The predicted molar refractivity (Wildman–Crippen MR) is 137 cm³/mol. The fourth-order valence-electron chi connectivity index (χ4n) is 5.04. The van der Waals surface area contributed by atoms with Crippen molar-refractivity contribution in [2.75, 3.05) is 0 Å². The first-order chi connectivity index (χ1) is 15.1. The molecule has 180 valence electrons. The smallest absolute Gasteiger partial charge is 0.327 e. The van der Waals surface area contributed by atoms with E-state index in [-0.39, 0.29) is 17.4 Å². The van der Waals surface area contributed by atoms with E-state index in [2.05, 4.69) is 26.1 Å². The summed E-state index contributed by atoms with van der Waals surface area (Å²) in [5, 5.41) is 4.87. The average Bonchev–Trinajstić information content (AvgIpc) is 2.88. The van der Waals surface area contributed by atoms with Crippen LogP contribution >= 0.6 is 23.2 Å². The van der Waals surface area contributed by atoms with Gasteiger partial charge in [-0.1, -0.05) is 68.2 Å². The number of hydrogen-bond donors (Lipinski definition) is 2. The molecule has 2 aromatic rings. The monoisotopic (exact) mass is 490 g/mol. The molecular weight excluding hydrogens is 455 g/mol. The first-order valence-corrected chi connectivity index (χ1v) is 12.1. The van der Waals surface area contributed by atoms with E-state index in [1.165, 1.54) is 0 Å². The Labute approximate surface area is 208 Å². The van der Waals surface area contributed by atoms with Crippen molar-refractivity contribution in [1.82, 2.24) is 5.32 Å². The Morgan fingerprint density at radius 1 is 1.03 bits per heavy atom. The van der Waals surface area contributed by atoms with Gasteiger partial charge in [0.25, 0.3) is 0 Å². The zero-order valence-electron chi connectivity index (χ0n) is 20.6. The summed E-state index contributed by atoms with van der Waals surface area (Å²) in [5.41, 5.74) is 6.55. The number of rotatable bonds is 4. The third kappa shape index (κ3) is 5.40. The molecule has 4 nitrogen and oxygen atoms in total. The molecule has 0 aromatic heterocycles. The van der Waals surface area contributed by atoms with Crippen molar-refractivity contribution in [2.24, 2.45) is 11.1 Å². The summed E-state index contributed by atoms with van der Waals surface area (Å²) in [7, 11) is 0. The summed E-state index contributed by atoms with van der Waals surface area (Å²) in [6.45, 7) is 14.0. The summed E-state index contributed by atoms with van der Waals surface area (Å²) in [6.07, 6.45) is 0.752. The lowest BCUT2D eigenvalue weighted by atomic mass is 9.66. The van der Waals surface area contributed by atoms with E-state index in [4.69, 9.17) is 33.7 Å². The van der Waals surface area contributed by atoms with E-state index in [1.54, 1.807) is 0 Å². The van der Waals surface area contributed by atoms with Gasteiger partial charge in [-0.05, 0) is 74.9 Å². The molecular formula is C27H36Cl2N2O2. The maximum absolute atomic E-state index is 13.7. The Hall–Kier alpha value is -1.59. The number of benzene rings is 2. The Morgan fingerprint density at radius 2 is 1.64 bits per heavy atom. The van der Waals surface area contributed by atoms with Gasteiger partial charge in [0, 0.05) is 22.0 Å². The number of halogens is 2. The van der Waals surface area contributed by atoms with Crippen LogP contribution in [-0.4, -0.2) is 23.2 Å². The molecule has 0 radical (unpaired) electrons. The summed E-state index contributed by atoms with van der Waals surface area (Å²) < 4.78 is 5.92. The molecule has 3 N–H and O–H groups in total. The molecule has 2 aromatic carbocycles. The molecule has 1 fully saturated rings. The van der Waals surface area contributed by atoms with Crippen molar-refractivity contribution in [3.05, 3.63) is 69.7 Å². The first kappa shape index (κ1) is 26.0. The van der Waals surface area contributed by atoms with E-state index in [1.807, 2.05) is 76.2 Å². The van der Waals surface area contributed by atoms with Crippen LogP contribution in [0, 0.1) is 5.41 Å². The largest absolute Gasteiger partial charge is 0.459 e. The Balaban J connectivity index is 2.28. The minimum absolute atomic E-state index is 0.0349. The number of carbonyl (C=O) groups is 1. The normalized spacial score (nSPS) is 28.1. The fraction of sp³-hybridized carbons (Fsp3) is 0.519. The van der Waals surface area contributed by atoms with Crippen LogP contribution in [0.4, 0.5) is 0 Å². The van der Waals surface area contributed by atoms with Crippen LogP contribution in [0.3, 0.4) is 0 Å². The SMILES string of the molecule is CC(C)(C)C[C@@H]1N[C@@](C)(C(=O)OC(C)(C)C)[C@H](c2cccc(Cl)c2)[C@@]1(N)c1ccc(Cl)cc1. The Morgan fingerprint density at radius 3 is 2.15 bits per heavy atom. The molecule has 0 saturated carbocycles. The Bertz CT molecular complexity index is 1010. The lowest BCUT2D eigenvalue weighted by Gasteiger charge is -2.41. The van der Waals surface area contributed by atoms with Crippen molar-refractivity contribution >= 4 is 29.2 Å². The molecule has 1 heterocycles. The Kier molecular flexibility index (Phi) is 7.01. The predicted octanol–water partition coefficient (Wildman–Crippen LogP) is 6.44. The molecule has 0 unspecified atom stereocenters. The quantitative estimate of drug-likeness (QED) is 0.483. The molecule has 1 aliphatic heterocycles. The summed E-state index contributed by atoms with van der Waals surface area (Å²) in [4.78, 5) is 13.7. The summed E-state index contributed by atoms with van der Waals surface area (Å²) >= 11 is 12.6. The van der Waals surface area contributed by atoms with Crippen molar-refractivity contribution < 1.29 is 9.53 Å². The van der Waals surface area contributed by atoms with Gasteiger partial charge in [0.1, 0.15) is 11.1 Å². The van der Waals surface area contributed by atoms with Crippen LogP contribution in [-0.2, 0) is 15.1 Å². The van der Waals surface area contributed by atoms with Gasteiger partial charge in [0.05, 0.1) is 5.54 Å². The van der Waals surface area contributed by atoms with E-state index in [9.17, 15) is 4.79 Å². The van der Waals surface area contributed by atoms with Gasteiger partial charge in [0.2, 0.25) is 0 Å². The third-order valence-electron chi connectivity index (χ3n) is 6.27. The minimum atomic E-state index is -1.08. The number of ether oxygens (including phenoxy) is 1. The molecule has 3 rings (SSSR count). The molecule has 0 spiro atoms. The van der Waals surface area contributed by atoms with E-state index < -0.39 is 22.6 Å². The van der Waals surface area contributed by atoms with Crippen LogP contribution in [0.15, 0.2) is 48.5 Å². The molecule has 0 amide bonds. The highest BCUT2D eigenvalue weighted by atomic mass is 35.5. The number of nitrogens with two attached hydrogens (primary N) is 1. The average molecular weight is 492 g/mol. The van der Waals surface area contributed by atoms with Gasteiger partial charge < -0.3 is 10.5 Å². The molecule has 4 atom stereocenters. The lowest BCUT2D eigenvalue weighted by molar-refractivity contribution is -0.163. The summed E-state index contributed by atoms with van der Waals surface area (Å²) in [5.74, 6) is -0.771. The van der Waals surface area contributed by atoms with Crippen molar-refractivity contribution in [2.45, 2.75) is 83.5 Å². The van der Waals surface area contributed by atoms with Gasteiger partial charge in [-0.3, -0.25) is 10.1 Å². The molecule has 33 heavy (non-hydrogen) atoms. The zero-order chi connectivity index (χ0) is 24.8.